The molecule has 0 radical (unpaired) electrons. The third kappa shape index (κ3) is 3.40. The van der Waals surface area contributed by atoms with Crippen molar-refractivity contribution in [3.8, 4) is 0 Å². The van der Waals surface area contributed by atoms with Crippen molar-refractivity contribution in [2.45, 2.75) is 32.7 Å². The van der Waals surface area contributed by atoms with Crippen LogP contribution in [0, 0.1) is 0 Å². The summed E-state index contributed by atoms with van der Waals surface area (Å²) < 4.78 is 5.22. The first-order chi connectivity index (χ1) is 9.26. The van der Waals surface area contributed by atoms with E-state index < -0.39 is 0 Å². The summed E-state index contributed by atoms with van der Waals surface area (Å²) in [5.74, 6) is 0. The van der Waals surface area contributed by atoms with Crippen LogP contribution in [0.2, 0.25) is 5.22 Å². The zero-order valence-corrected chi connectivity index (χ0v) is 12.2. The largest absolute Gasteiger partial charge is 0.453 e. The van der Waals surface area contributed by atoms with Crippen LogP contribution in [0.4, 0.5) is 0 Å². The van der Waals surface area contributed by atoms with Crippen molar-refractivity contribution in [1.82, 2.24) is 5.32 Å². The van der Waals surface area contributed by atoms with E-state index in [1.807, 2.05) is 6.07 Å². The van der Waals surface area contributed by atoms with Gasteiger partial charge in [0, 0.05) is 5.56 Å². The molecule has 3 heteroatoms. The van der Waals surface area contributed by atoms with E-state index in [0.29, 0.717) is 5.22 Å². The van der Waals surface area contributed by atoms with Crippen molar-refractivity contribution in [2.24, 2.45) is 0 Å². The molecule has 1 unspecified atom stereocenters. The minimum absolute atomic E-state index is 0.0908. The second-order valence-electron chi connectivity index (χ2n) is 4.64. The number of hydrogen-bond donors (Lipinski definition) is 1. The fourth-order valence-corrected chi connectivity index (χ4v) is 2.56. The maximum Gasteiger partial charge on any atom is 0.198 e. The molecule has 19 heavy (non-hydrogen) atoms. The van der Waals surface area contributed by atoms with Crippen molar-refractivity contribution in [2.75, 3.05) is 6.54 Å². The maximum atomic E-state index is 6.11. The molecule has 2 rings (SSSR count). The standard InChI is InChI=1S/C16H20ClNO/c1-3-6-12-7-5-8-13(11-12)15(18-4-2)14-9-10-19-16(14)17/h5,7-11,15,18H,3-4,6H2,1-2H3. The Labute approximate surface area is 119 Å². The molecule has 0 spiro atoms. The van der Waals surface area contributed by atoms with Gasteiger partial charge in [0.1, 0.15) is 0 Å². The first-order valence-corrected chi connectivity index (χ1v) is 7.19. The van der Waals surface area contributed by atoms with Gasteiger partial charge in [-0.3, -0.25) is 0 Å². The van der Waals surface area contributed by atoms with Gasteiger partial charge in [-0.15, -0.1) is 0 Å². The Balaban J connectivity index is 2.33. The third-order valence-electron chi connectivity index (χ3n) is 3.19. The van der Waals surface area contributed by atoms with E-state index in [0.717, 1.165) is 24.9 Å². The highest BCUT2D eigenvalue weighted by Gasteiger charge is 2.18. The lowest BCUT2D eigenvalue weighted by Gasteiger charge is -2.18. The molecular weight excluding hydrogens is 258 g/mol. The molecular formula is C16H20ClNO. The van der Waals surface area contributed by atoms with Crippen LogP contribution in [0.1, 0.15) is 43.0 Å². The summed E-state index contributed by atoms with van der Waals surface area (Å²) in [6.07, 6.45) is 3.89. The summed E-state index contributed by atoms with van der Waals surface area (Å²) in [6, 6.07) is 10.7. The number of hydrogen-bond acceptors (Lipinski definition) is 2. The Morgan fingerprint density at radius 2 is 2.11 bits per heavy atom. The monoisotopic (exact) mass is 277 g/mol. The molecule has 0 fully saturated rings. The minimum atomic E-state index is 0.0908. The zero-order valence-electron chi connectivity index (χ0n) is 11.4. The average Bonchev–Trinajstić information content (AvgIpc) is 2.83. The van der Waals surface area contributed by atoms with Crippen LogP contribution in [-0.2, 0) is 6.42 Å². The SMILES string of the molecule is CCCc1cccc(C(NCC)c2ccoc2Cl)c1. The molecule has 1 N–H and O–H groups in total. The average molecular weight is 278 g/mol. The number of furan rings is 1. The van der Waals surface area contributed by atoms with Crippen molar-refractivity contribution in [3.63, 3.8) is 0 Å². The smallest absolute Gasteiger partial charge is 0.198 e. The molecule has 0 aliphatic rings. The second kappa shape index (κ2) is 6.78. The van der Waals surface area contributed by atoms with Crippen LogP contribution in [0.25, 0.3) is 0 Å². The van der Waals surface area contributed by atoms with E-state index in [4.69, 9.17) is 16.0 Å². The number of benzene rings is 1. The third-order valence-corrected chi connectivity index (χ3v) is 3.50. The Bertz CT molecular complexity index is 521. The molecule has 1 atom stereocenters. The molecule has 2 nitrogen and oxygen atoms in total. The number of rotatable bonds is 6. The molecule has 1 heterocycles. The Kier molecular flexibility index (Phi) is 5.06. The fourth-order valence-electron chi connectivity index (χ4n) is 2.34. The lowest BCUT2D eigenvalue weighted by molar-refractivity contribution is 0.555. The van der Waals surface area contributed by atoms with E-state index >= 15 is 0 Å². The molecule has 0 aliphatic heterocycles. The topological polar surface area (TPSA) is 25.2 Å². The van der Waals surface area contributed by atoms with Gasteiger partial charge in [-0.25, -0.2) is 0 Å². The highest BCUT2D eigenvalue weighted by Crippen LogP contribution is 2.29. The van der Waals surface area contributed by atoms with Crippen LogP contribution in [-0.4, -0.2) is 6.54 Å². The highest BCUT2D eigenvalue weighted by molar-refractivity contribution is 6.29. The summed E-state index contributed by atoms with van der Waals surface area (Å²) in [5, 5.41) is 3.93. The summed E-state index contributed by atoms with van der Waals surface area (Å²) >= 11 is 6.11. The molecule has 0 saturated heterocycles. The van der Waals surface area contributed by atoms with E-state index in [-0.39, 0.29) is 6.04 Å². The molecule has 1 aromatic heterocycles. The van der Waals surface area contributed by atoms with Crippen molar-refractivity contribution < 1.29 is 4.42 Å². The maximum absolute atomic E-state index is 6.11. The molecule has 1 aromatic carbocycles. The van der Waals surface area contributed by atoms with E-state index in [9.17, 15) is 0 Å². The van der Waals surface area contributed by atoms with Crippen LogP contribution in [0.15, 0.2) is 41.0 Å². The number of nitrogens with one attached hydrogen (secondary N) is 1. The first kappa shape index (κ1) is 14.2. The fraction of sp³-hybridized carbons (Fsp3) is 0.375. The van der Waals surface area contributed by atoms with E-state index in [2.05, 4.69) is 43.4 Å². The van der Waals surface area contributed by atoms with E-state index in [1.165, 1.54) is 11.1 Å². The van der Waals surface area contributed by atoms with Gasteiger partial charge in [0.2, 0.25) is 0 Å². The van der Waals surface area contributed by atoms with Crippen LogP contribution < -0.4 is 5.32 Å². The number of aryl methyl sites for hydroxylation is 1. The summed E-state index contributed by atoms with van der Waals surface area (Å²) in [4.78, 5) is 0. The lowest BCUT2D eigenvalue weighted by Crippen LogP contribution is -2.21. The Morgan fingerprint density at radius 1 is 1.26 bits per heavy atom. The normalized spacial score (nSPS) is 12.6. The van der Waals surface area contributed by atoms with Crippen molar-refractivity contribution >= 4 is 11.6 Å². The zero-order chi connectivity index (χ0) is 13.7. The summed E-state index contributed by atoms with van der Waals surface area (Å²) in [7, 11) is 0. The first-order valence-electron chi connectivity index (χ1n) is 6.81. The van der Waals surface area contributed by atoms with E-state index in [1.54, 1.807) is 6.26 Å². The van der Waals surface area contributed by atoms with Gasteiger partial charge in [-0.05, 0) is 41.8 Å². The highest BCUT2D eigenvalue weighted by atomic mass is 35.5. The predicted octanol–water partition coefficient (Wildman–Crippen LogP) is 4.58. The predicted molar refractivity (Wildman–Crippen MR) is 79.7 cm³/mol. The molecule has 0 bridgehead atoms. The second-order valence-corrected chi connectivity index (χ2v) is 4.98. The van der Waals surface area contributed by atoms with Crippen LogP contribution in [0.3, 0.4) is 0 Å². The Hall–Kier alpha value is -1.25. The van der Waals surface area contributed by atoms with Gasteiger partial charge in [0.15, 0.2) is 5.22 Å². The molecule has 2 aromatic rings. The van der Waals surface area contributed by atoms with Gasteiger partial charge in [0.05, 0.1) is 12.3 Å². The molecule has 0 amide bonds. The molecule has 102 valence electrons. The van der Waals surface area contributed by atoms with Crippen LogP contribution >= 0.6 is 11.6 Å². The van der Waals surface area contributed by atoms with Gasteiger partial charge in [-0.2, -0.15) is 0 Å². The van der Waals surface area contributed by atoms with Crippen molar-refractivity contribution in [3.05, 3.63) is 58.5 Å². The summed E-state index contributed by atoms with van der Waals surface area (Å²) in [5.41, 5.74) is 3.59. The van der Waals surface area contributed by atoms with Crippen LogP contribution in [0.5, 0.6) is 0 Å². The molecule has 0 aliphatic carbocycles. The summed E-state index contributed by atoms with van der Waals surface area (Å²) in [6.45, 7) is 5.17. The Morgan fingerprint density at radius 3 is 2.74 bits per heavy atom. The van der Waals surface area contributed by atoms with Crippen molar-refractivity contribution in [1.29, 1.82) is 0 Å². The number of halogens is 1. The minimum Gasteiger partial charge on any atom is -0.453 e. The molecule has 0 saturated carbocycles. The lowest BCUT2D eigenvalue weighted by atomic mass is 9.98. The van der Waals surface area contributed by atoms with Gasteiger partial charge >= 0.3 is 0 Å². The van der Waals surface area contributed by atoms with Gasteiger partial charge in [-0.1, -0.05) is 44.5 Å². The van der Waals surface area contributed by atoms with Gasteiger partial charge in [0.25, 0.3) is 0 Å². The van der Waals surface area contributed by atoms with Gasteiger partial charge < -0.3 is 9.73 Å². The quantitative estimate of drug-likeness (QED) is 0.836.